The molecule has 2 amide bonds. The van der Waals surface area contributed by atoms with Crippen LogP contribution >= 0.6 is 11.6 Å². The molecule has 0 spiro atoms. The first-order chi connectivity index (χ1) is 15.9. The minimum atomic E-state index is -0.313. The normalized spacial score (nSPS) is 13.9. The van der Waals surface area contributed by atoms with Gasteiger partial charge in [0.05, 0.1) is 43.3 Å². The monoisotopic (exact) mass is 470 g/mol. The molecular weight excluding hydrogens is 444 g/mol. The molecule has 1 aromatic heterocycles. The van der Waals surface area contributed by atoms with Crippen LogP contribution in [0.5, 0.6) is 5.75 Å². The smallest absolute Gasteiger partial charge is 0.239 e. The van der Waals surface area contributed by atoms with Crippen LogP contribution in [-0.4, -0.2) is 59.5 Å². The molecule has 33 heavy (non-hydrogen) atoms. The fraction of sp³-hybridized carbons (Fsp3) is 0.435. The number of likely N-dealkylation sites (tertiary alicyclic amines) is 1. The van der Waals surface area contributed by atoms with Gasteiger partial charge in [-0.1, -0.05) is 11.6 Å². The Balaban J connectivity index is 1.57. The highest BCUT2D eigenvalue weighted by atomic mass is 35.5. The van der Waals surface area contributed by atoms with E-state index in [4.69, 9.17) is 21.6 Å². The van der Waals surface area contributed by atoms with Gasteiger partial charge in [0.15, 0.2) is 5.69 Å². The standard InChI is InChI=1S/C23H27ClN6O3/c1-15(23(32)30-7-3-4-8-30)26-6-5-16-9-21(33-2)20(11-19(16)24)29-22(31)10-17-13-28-18(12-25)14-27-17/h9,11,13-15,26H,3-8,10H2,1-2H3,(H,29,31)/t15-/m1/s1. The van der Waals surface area contributed by atoms with Crippen LogP contribution in [0.3, 0.4) is 0 Å². The van der Waals surface area contributed by atoms with Crippen LogP contribution in [0.1, 0.15) is 36.7 Å². The molecule has 1 fully saturated rings. The summed E-state index contributed by atoms with van der Waals surface area (Å²) >= 11 is 6.45. The zero-order valence-electron chi connectivity index (χ0n) is 18.7. The molecule has 0 saturated carbocycles. The van der Waals surface area contributed by atoms with Crippen molar-refractivity contribution in [1.29, 1.82) is 5.26 Å². The molecular formula is C23H27ClN6O3. The fourth-order valence-electron chi connectivity index (χ4n) is 3.64. The van der Waals surface area contributed by atoms with E-state index in [2.05, 4.69) is 20.6 Å². The van der Waals surface area contributed by atoms with Gasteiger partial charge in [-0.2, -0.15) is 5.26 Å². The van der Waals surface area contributed by atoms with Crippen molar-refractivity contribution in [2.45, 2.75) is 38.6 Å². The number of methoxy groups -OCH3 is 1. The average Bonchev–Trinajstić information content (AvgIpc) is 3.35. The largest absolute Gasteiger partial charge is 0.495 e. The number of carbonyl (C=O) groups excluding carboxylic acids is 2. The van der Waals surface area contributed by atoms with Crippen LogP contribution in [0.4, 0.5) is 5.69 Å². The summed E-state index contributed by atoms with van der Waals surface area (Å²) in [5.74, 6) is 0.295. The van der Waals surface area contributed by atoms with Gasteiger partial charge >= 0.3 is 0 Å². The van der Waals surface area contributed by atoms with Gasteiger partial charge in [0.1, 0.15) is 11.8 Å². The number of rotatable bonds is 9. The quantitative estimate of drug-likeness (QED) is 0.577. The number of hydrogen-bond acceptors (Lipinski definition) is 7. The second-order valence-corrected chi connectivity index (χ2v) is 8.24. The van der Waals surface area contributed by atoms with E-state index in [1.165, 1.54) is 19.5 Å². The SMILES string of the molecule is COc1cc(CCN[C@H](C)C(=O)N2CCCC2)c(Cl)cc1NC(=O)Cc1cnc(C#N)cn1. The average molecular weight is 471 g/mol. The van der Waals surface area contributed by atoms with Crippen molar-refractivity contribution >= 4 is 29.1 Å². The van der Waals surface area contributed by atoms with Crippen molar-refractivity contribution in [3.05, 3.63) is 46.5 Å². The van der Waals surface area contributed by atoms with Crippen LogP contribution in [0, 0.1) is 11.3 Å². The molecule has 2 aromatic rings. The minimum absolute atomic E-state index is 0.00586. The lowest BCUT2D eigenvalue weighted by Crippen LogP contribution is -2.44. The molecule has 1 atom stereocenters. The second-order valence-electron chi connectivity index (χ2n) is 7.83. The Morgan fingerprint density at radius 3 is 2.67 bits per heavy atom. The summed E-state index contributed by atoms with van der Waals surface area (Å²) in [7, 11) is 1.52. The lowest BCUT2D eigenvalue weighted by atomic mass is 10.1. The molecule has 1 aromatic carbocycles. The molecule has 0 bridgehead atoms. The van der Waals surface area contributed by atoms with Crippen molar-refractivity contribution in [3.63, 3.8) is 0 Å². The maximum Gasteiger partial charge on any atom is 0.239 e. The van der Waals surface area contributed by atoms with Crippen molar-refractivity contribution in [2.75, 3.05) is 32.1 Å². The molecule has 3 rings (SSSR count). The van der Waals surface area contributed by atoms with Crippen LogP contribution < -0.4 is 15.4 Å². The lowest BCUT2D eigenvalue weighted by Gasteiger charge is -2.21. The summed E-state index contributed by atoms with van der Waals surface area (Å²) < 4.78 is 5.44. The molecule has 0 aliphatic carbocycles. The number of nitrogens with zero attached hydrogens (tertiary/aromatic N) is 4. The van der Waals surface area contributed by atoms with Crippen molar-refractivity contribution in [2.24, 2.45) is 0 Å². The molecule has 0 radical (unpaired) electrons. The van der Waals surface area contributed by atoms with Gasteiger partial charge < -0.3 is 20.3 Å². The second kappa shape index (κ2) is 11.6. The Hall–Kier alpha value is -3.22. The van der Waals surface area contributed by atoms with Gasteiger partial charge in [-0.15, -0.1) is 0 Å². The number of nitrogens with one attached hydrogen (secondary N) is 2. The van der Waals surface area contributed by atoms with Gasteiger partial charge in [-0.05, 0) is 50.4 Å². The van der Waals surface area contributed by atoms with Crippen LogP contribution in [0.2, 0.25) is 5.02 Å². The Morgan fingerprint density at radius 2 is 2.03 bits per heavy atom. The number of carbonyl (C=O) groups is 2. The molecule has 9 nitrogen and oxygen atoms in total. The van der Waals surface area contributed by atoms with Crippen molar-refractivity contribution < 1.29 is 14.3 Å². The molecule has 1 aliphatic heterocycles. The molecule has 10 heteroatoms. The highest BCUT2D eigenvalue weighted by Crippen LogP contribution is 2.31. The van der Waals surface area contributed by atoms with E-state index < -0.39 is 0 Å². The first kappa shape index (κ1) is 24.4. The van der Waals surface area contributed by atoms with Crippen molar-refractivity contribution in [1.82, 2.24) is 20.2 Å². The number of ether oxygens (including phenoxy) is 1. The van der Waals surface area contributed by atoms with E-state index in [1.807, 2.05) is 17.9 Å². The maximum atomic E-state index is 12.4. The number of aromatic nitrogens is 2. The number of hydrogen-bond donors (Lipinski definition) is 2. The zero-order valence-corrected chi connectivity index (χ0v) is 19.5. The van der Waals surface area contributed by atoms with Crippen LogP contribution in [0.15, 0.2) is 24.5 Å². The Bertz CT molecular complexity index is 1030. The van der Waals surface area contributed by atoms with E-state index in [-0.39, 0.29) is 30.0 Å². The third-order valence-electron chi connectivity index (χ3n) is 5.44. The minimum Gasteiger partial charge on any atom is -0.495 e. The maximum absolute atomic E-state index is 12.4. The summed E-state index contributed by atoms with van der Waals surface area (Å²) in [6.07, 6.45) is 5.45. The Morgan fingerprint density at radius 1 is 1.27 bits per heavy atom. The van der Waals surface area contributed by atoms with Gasteiger partial charge in [0, 0.05) is 18.1 Å². The number of anilines is 1. The van der Waals surface area contributed by atoms with E-state index in [9.17, 15) is 9.59 Å². The Labute approximate surface area is 198 Å². The third kappa shape index (κ3) is 6.63. The first-order valence-corrected chi connectivity index (χ1v) is 11.2. The molecule has 0 unspecified atom stereocenters. The summed E-state index contributed by atoms with van der Waals surface area (Å²) in [5, 5.41) is 15.3. The van der Waals surface area contributed by atoms with E-state index in [0.29, 0.717) is 35.1 Å². The van der Waals surface area contributed by atoms with E-state index >= 15 is 0 Å². The fourth-order valence-corrected chi connectivity index (χ4v) is 3.90. The van der Waals surface area contributed by atoms with Gasteiger partial charge in [0.25, 0.3) is 0 Å². The third-order valence-corrected chi connectivity index (χ3v) is 5.79. The van der Waals surface area contributed by atoms with Gasteiger partial charge in [0.2, 0.25) is 11.8 Å². The molecule has 2 N–H and O–H groups in total. The highest BCUT2D eigenvalue weighted by Gasteiger charge is 2.22. The molecule has 1 saturated heterocycles. The number of nitriles is 1. The predicted octanol–water partition coefficient (Wildman–Crippen LogP) is 2.33. The Kier molecular flexibility index (Phi) is 8.58. The number of halogens is 1. The summed E-state index contributed by atoms with van der Waals surface area (Å²) in [4.78, 5) is 34.7. The number of amides is 2. The summed E-state index contributed by atoms with van der Waals surface area (Å²) in [6.45, 7) is 4.12. The summed E-state index contributed by atoms with van der Waals surface area (Å²) in [6, 6.07) is 5.06. The molecule has 1 aliphatic rings. The first-order valence-electron chi connectivity index (χ1n) is 10.8. The van der Waals surface area contributed by atoms with Crippen molar-refractivity contribution in [3.8, 4) is 11.8 Å². The van der Waals surface area contributed by atoms with Crippen LogP contribution in [0.25, 0.3) is 0 Å². The lowest BCUT2D eigenvalue weighted by molar-refractivity contribution is -0.131. The highest BCUT2D eigenvalue weighted by molar-refractivity contribution is 6.31. The van der Waals surface area contributed by atoms with Crippen LogP contribution in [-0.2, 0) is 22.4 Å². The number of benzene rings is 1. The van der Waals surface area contributed by atoms with E-state index in [0.717, 1.165) is 31.5 Å². The molecule has 2 heterocycles. The zero-order chi connectivity index (χ0) is 23.8. The topological polar surface area (TPSA) is 120 Å². The van der Waals surface area contributed by atoms with E-state index in [1.54, 1.807) is 12.1 Å². The summed E-state index contributed by atoms with van der Waals surface area (Å²) in [5.41, 5.74) is 1.92. The molecule has 174 valence electrons. The van der Waals surface area contributed by atoms with Gasteiger partial charge in [-0.3, -0.25) is 14.6 Å². The predicted molar refractivity (Wildman–Crippen MR) is 124 cm³/mol. The van der Waals surface area contributed by atoms with Gasteiger partial charge in [-0.25, -0.2) is 4.98 Å².